The van der Waals surface area contributed by atoms with Crippen LogP contribution in [0.25, 0.3) is 0 Å². The zero-order valence-corrected chi connectivity index (χ0v) is 15.7. The second-order valence-electron chi connectivity index (χ2n) is 6.42. The third-order valence-electron chi connectivity index (χ3n) is 4.41. The Hall–Kier alpha value is -3.46. The number of nitrogens with zero attached hydrogens (tertiary/aromatic N) is 2. The molecule has 0 radical (unpaired) electrons. The second-order valence-corrected chi connectivity index (χ2v) is 6.42. The van der Waals surface area contributed by atoms with E-state index in [1.165, 1.54) is 18.2 Å². The van der Waals surface area contributed by atoms with E-state index in [0.29, 0.717) is 18.9 Å². The standard InChI is InChI=1S/C20H21N3O6/c24-19(14-29-20(25)13-15-3-1-2-4-18(15)23(26)27)21-16-5-7-17(8-6-16)22-9-11-28-12-10-22/h1-8H,9-14H2,(H,21,24). The molecule has 1 fully saturated rings. The van der Waals surface area contributed by atoms with Gasteiger partial charge in [-0.1, -0.05) is 18.2 Å². The Balaban J connectivity index is 1.47. The summed E-state index contributed by atoms with van der Waals surface area (Å²) in [6.45, 7) is 2.55. The summed E-state index contributed by atoms with van der Waals surface area (Å²) in [5.41, 5.74) is 1.71. The van der Waals surface area contributed by atoms with E-state index in [1.807, 2.05) is 12.1 Å². The maximum absolute atomic E-state index is 12.0. The number of nitro groups is 1. The third-order valence-corrected chi connectivity index (χ3v) is 4.41. The van der Waals surface area contributed by atoms with Crippen molar-refractivity contribution in [1.29, 1.82) is 0 Å². The number of hydrogen-bond donors (Lipinski definition) is 1. The number of carbonyl (C=O) groups is 2. The molecule has 152 valence electrons. The molecule has 1 N–H and O–H groups in total. The minimum Gasteiger partial charge on any atom is -0.455 e. The normalized spacial score (nSPS) is 13.6. The average molecular weight is 399 g/mol. The van der Waals surface area contributed by atoms with Crippen molar-refractivity contribution >= 4 is 28.9 Å². The first-order valence-corrected chi connectivity index (χ1v) is 9.13. The van der Waals surface area contributed by atoms with Crippen molar-refractivity contribution in [3.63, 3.8) is 0 Å². The molecule has 0 unspecified atom stereocenters. The first kappa shape index (κ1) is 20.3. The van der Waals surface area contributed by atoms with Crippen molar-refractivity contribution in [2.24, 2.45) is 0 Å². The molecule has 9 heteroatoms. The van der Waals surface area contributed by atoms with Crippen molar-refractivity contribution in [2.45, 2.75) is 6.42 Å². The molecule has 29 heavy (non-hydrogen) atoms. The van der Waals surface area contributed by atoms with Gasteiger partial charge in [-0.3, -0.25) is 19.7 Å². The molecular formula is C20H21N3O6. The minimum atomic E-state index is -0.711. The molecular weight excluding hydrogens is 378 g/mol. The van der Waals surface area contributed by atoms with Gasteiger partial charge in [-0.05, 0) is 24.3 Å². The van der Waals surface area contributed by atoms with Gasteiger partial charge < -0.3 is 19.7 Å². The van der Waals surface area contributed by atoms with Gasteiger partial charge in [0.05, 0.1) is 24.6 Å². The summed E-state index contributed by atoms with van der Waals surface area (Å²) in [5.74, 6) is -1.20. The molecule has 3 rings (SSSR count). The molecule has 1 saturated heterocycles. The summed E-state index contributed by atoms with van der Waals surface area (Å²) in [6.07, 6.45) is -0.279. The number of esters is 1. The van der Waals surface area contributed by atoms with E-state index in [2.05, 4.69) is 10.2 Å². The number of nitro benzene ring substituents is 1. The van der Waals surface area contributed by atoms with Gasteiger partial charge >= 0.3 is 5.97 Å². The molecule has 1 aliphatic heterocycles. The highest BCUT2D eigenvalue weighted by Crippen LogP contribution is 2.20. The van der Waals surface area contributed by atoms with E-state index in [1.54, 1.807) is 18.2 Å². The molecule has 0 atom stereocenters. The van der Waals surface area contributed by atoms with E-state index in [4.69, 9.17) is 9.47 Å². The fraction of sp³-hybridized carbons (Fsp3) is 0.300. The van der Waals surface area contributed by atoms with Crippen molar-refractivity contribution < 1.29 is 24.0 Å². The zero-order chi connectivity index (χ0) is 20.6. The number of benzene rings is 2. The van der Waals surface area contributed by atoms with E-state index in [0.717, 1.165) is 18.8 Å². The van der Waals surface area contributed by atoms with Crippen LogP contribution >= 0.6 is 0 Å². The molecule has 1 aliphatic rings. The van der Waals surface area contributed by atoms with Crippen LogP contribution in [-0.4, -0.2) is 49.7 Å². The summed E-state index contributed by atoms with van der Waals surface area (Å²) < 4.78 is 10.3. The van der Waals surface area contributed by atoms with Crippen molar-refractivity contribution in [3.8, 4) is 0 Å². The van der Waals surface area contributed by atoms with Crippen LogP contribution in [-0.2, 0) is 25.5 Å². The number of morpholine rings is 1. The minimum absolute atomic E-state index is 0.158. The number of nitrogens with one attached hydrogen (secondary N) is 1. The summed E-state index contributed by atoms with van der Waals surface area (Å²) in [4.78, 5) is 36.5. The number of para-hydroxylation sites is 1. The Morgan fingerprint density at radius 3 is 2.48 bits per heavy atom. The fourth-order valence-electron chi connectivity index (χ4n) is 2.97. The molecule has 0 saturated carbocycles. The number of carbonyl (C=O) groups excluding carboxylic acids is 2. The Kier molecular flexibility index (Phi) is 6.75. The lowest BCUT2D eigenvalue weighted by Crippen LogP contribution is -2.36. The summed E-state index contributed by atoms with van der Waals surface area (Å²) in [6, 6.07) is 13.3. The van der Waals surface area contributed by atoms with Crippen molar-refractivity contribution in [2.75, 3.05) is 43.1 Å². The number of anilines is 2. The maximum atomic E-state index is 12.0. The quantitative estimate of drug-likeness (QED) is 0.431. The van der Waals surface area contributed by atoms with Gasteiger partial charge in [-0.25, -0.2) is 0 Å². The highest BCUT2D eigenvalue weighted by atomic mass is 16.6. The number of hydrogen-bond acceptors (Lipinski definition) is 7. The summed E-state index contributed by atoms with van der Waals surface area (Å²) in [5, 5.41) is 13.6. The van der Waals surface area contributed by atoms with Crippen LogP contribution < -0.4 is 10.2 Å². The van der Waals surface area contributed by atoms with Gasteiger partial charge in [0.15, 0.2) is 6.61 Å². The number of rotatable bonds is 7. The van der Waals surface area contributed by atoms with Gasteiger partial charge in [0.2, 0.25) is 0 Å². The average Bonchev–Trinajstić information content (AvgIpc) is 2.74. The molecule has 1 heterocycles. The molecule has 0 bridgehead atoms. The Bertz CT molecular complexity index is 878. The summed E-state index contributed by atoms with van der Waals surface area (Å²) in [7, 11) is 0. The maximum Gasteiger partial charge on any atom is 0.311 e. The van der Waals surface area contributed by atoms with Gasteiger partial charge in [0.1, 0.15) is 0 Å². The van der Waals surface area contributed by atoms with Gasteiger partial charge in [-0.2, -0.15) is 0 Å². The molecule has 9 nitrogen and oxygen atoms in total. The first-order valence-electron chi connectivity index (χ1n) is 9.13. The second kappa shape index (κ2) is 9.65. The Morgan fingerprint density at radius 2 is 1.79 bits per heavy atom. The monoisotopic (exact) mass is 399 g/mol. The van der Waals surface area contributed by atoms with E-state index in [-0.39, 0.29) is 17.7 Å². The Morgan fingerprint density at radius 1 is 1.10 bits per heavy atom. The SMILES string of the molecule is O=C(COC(=O)Cc1ccccc1[N+](=O)[O-])Nc1ccc(N2CCOCC2)cc1. The molecule has 1 amide bonds. The topological polar surface area (TPSA) is 111 Å². The van der Waals surface area contributed by atoms with Gasteiger partial charge in [0.25, 0.3) is 11.6 Å². The van der Waals surface area contributed by atoms with Gasteiger partial charge in [0, 0.05) is 36.1 Å². The van der Waals surface area contributed by atoms with Crippen molar-refractivity contribution in [1.82, 2.24) is 0 Å². The van der Waals surface area contributed by atoms with Crippen LogP contribution in [0, 0.1) is 10.1 Å². The lowest BCUT2D eigenvalue weighted by atomic mass is 10.1. The van der Waals surface area contributed by atoms with E-state index >= 15 is 0 Å². The van der Waals surface area contributed by atoms with Gasteiger partial charge in [-0.15, -0.1) is 0 Å². The molecule has 2 aromatic rings. The predicted molar refractivity (Wildman–Crippen MR) is 106 cm³/mol. The largest absolute Gasteiger partial charge is 0.455 e. The Labute approximate surface area is 167 Å². The van der Waals surface area contributed by atoms with Crippen LogP contribution in [0.3, 0.4) is 0 Å². The smallest absolute Gasteiger partial charge is 0.311 e. The molecule has 0 aliphatic carbocycles. The van der Waals surface area contributed by atoms with Crippen LogP contribution in [0.4, 0.5) is 17.1 Å². The highest BCUT2D eigenvalue weighted by molar-refractivity contribution is 5.93. The van der Waals surface area contributed by atoms with Crippen LogP contribution in [0.2, 0.25) is 0 Å². The molecule has 0 spiro atoms. The van der Waals surface area contributed by atoms with Crippen LogP contribution in [0.1, 0.15) is 5.56 Å². The summed E-state index contributed by atoms with van der Waals surface area (Å²) >= 11 is 0. The fourth-order valence-corrected chi connectivity index (χ4v) is 2.97. The highest BCUT2D eigenvalue weighted by Gasteiger charge is 2.17. The third kappa shape index (κ3) is 5.76. The van der Waals surface area contributed by atoms with Crippen molar-refractivity contribution in [3.05, 3.63) is 64.2 Å². The lowest BCUT2D eigenvalue weighted by Gasteiger charge is -2.28. The van der Waals surface area contributed by atoms with Crippen LogP contribution in [0.15, 0.2) is 48.5 Å². The number of ether oxygens (including phenoxy) is 2. The number of amides is 1. The lowest BCUT2D eigenvalue weighted by molar-refractivity contribution is -0.385. The van der Waals surface area contributed by atoms with E-state index in [9.17, 15) is 19.7 Å². The predicted octanol–water partition coefficient (Wildman–Crippen LogP) is 2.16. The zero-order valence-electron chi connectivity index (χ0n) is 15.7. The first-order chi connectivity index (χ1) is 14.0. The van der Waals surface area contributed by atoms with E-state index < -0.39 is 23.4 Å². The van der Waals surface area contributed by atoms with Crippen LogP contribution in [0.5, 0.6) is 0 Å². The molecule has 0 aromatic heterocycles. The molecule has 2 aromatic carbocycles.